The van der Waals surface area contributed by atoms with Crippen molar-refractivity contribution < 1.29 is 4.42 Å². The Morgan fingerprint density at radius 3 is 2.50 bits per heavy atom. The summed E-state index contributed by atoms with van der Waals surface area (Å²) in [7, 11) is 0. The number of hydrogen-bond acceptors (Lipinski definition) is 3. The molecule has 0 bridgehead atoms. The molecule has 1 heterocycles. The first-order chi connectivity index (χ1) is 9.72. The molecule has 0 aliphatic heterocycles. The van der Waals surface area contributed by atoms with E-state index in [9.17, 15) is 5.26 Å². The molecule has 0 unspecified atom stereocenters. The highest BCUT2D eigenvalue weighted by Gasteiger charge is 2.15. The summed E-state index contributed by atoms with van der Waals surface area (Å²) in [6, 6.07) is 16.8. The molecule has 0 aliphatic carbocycles. The highest BCUT2D eigenvalue weighted by atomic mass is 35.5. The number of hydrogen-bond donors (Lipinski definition) is 0. The molecule has 0 fully saturated rings. The summed E-state index contributed by atoms with van der Waals surface area (Å²) in [6.07, 6.45) is 0. The summed E-state index contributed by atoms with van der Waals surface area (Å²) >= 11 is 11.6. The third kappa shape index (κ3) is 2.00. The number of fused-ring (bicyclic) bond motifs is 1. The van der Waals surface area contributed by atoms with Crippen LogP contribution in [-0.4, -0.2) is 0 Å². The molecule has 4 heteroatoms. The Bertz CT molecular complexity index is 908. The zero-order valence-electron chi connectivity index (χ0n) is 10.3. The van der Waals surface area contributed by atoms with Crippen molar-refractivity contribution in [1.82, 2.24) is 0 Å². The van der Waals surface area contributed by atoms with E-state index in [0.717, 1.165) is 5.39 Å². The van der Waals surface area contributed by atoms with Crippen molar-refractivity contribution in [3.8, 4) is 17.4 Å². The summed E-state index contributed by atoms with van der Waals surface area (Å²) in [4.78, 5) is 0. The minimum absolute atomic E-state index is 0.340. The number of rotatable bonds is 1. The predicted octanol–water partition coefficient (Wildman–Crippen LogP) is 5.35. The molecular formula is C16H8ClNOS. The van der Waals surface area contributed by atoms with Gasteiger partial charge in [-0.3, -0.25) is 0 Å². The molecule has 2 aromatic carbocycles. The molecule has 3 rings (SSSR count). The van der Waals surface area contributed by atoms with Crippen LogP contribution in [0.15, 0.2) is 52.9 Å². The first kappa shape index (κ1) is 12.9. The van der Waals surface area contributed by atoms with Gasteiger partial charge < -0.3 is 4.42 Å². The first-order valence-electron chi connectivity index (χ1n) is 5.93. The van der Waals surface area contributed by atoms with Crippen LogP contribution in [-0.2, 0) is 0 Å². The molecule has 2 nitrogen and oxygen atoms in total. The van der Waals surface area contributed by atoms with Gasteiger partial charge in [0, 0.05) is 10.9 Å². The minimum atomic E-state index is 0.340. The topological polar surface area (TPSA) is 36.9 Å². The third-order valence-electron chi connectivity index (χ3n) is 3.03. The van der Waals surface area contributed by atoms with Gasteiger partial charge in [-0.15, -0.1) is 0 Å². The van der Waals surface area contributed by atoms with Crippen molar-refractivity contribution >= 4 is 34.8 Å². The van der Waals surface area contributed by atoms with E-state index >= 15 is 0 Å². The van der Waals surface area contributed by atoms with Gasteiger partial charge in [-0.05, 0) is 24.3 Å². The van der Waals surface area contributed by atoms with Crippen molar-refractivity contribution in [1.29, 1.82) is 5.26 Å². The van der Waals surface area contributed by atoms with Crippen LogP contribution in [0.2, 0.25) is 5.02 Å². The standard InChI is InChI=1S/C16H8ClNOS/c17-13-7-3-1-5-10(13)15-12(9-18)16(20)11-6-2-4-8-14(11)19-15/h1-8H. The van der Waals surface area contributed by atoms with E-state index in [-0.39, 0.29) is 0 Å². The van der Waals surface area contributed by atoms with Gasteiger partial charge in [-0.25, -0.2) is 0 Å². The highest BCUT2D eigenvalue weighted by molar-refractivity contribution is 7.71. The second kappa shape index (κ2) is 5.09. The molecule has 20 heavy (non-hydrogen) atoms. The Morgan fingerprint density at radius 1 is 1.05 bits per heavy atom. The van der Waals surface area contributed by atoms with Gasteiger partial charge in [-0.2, -0.15) is 5.26 Å². The maximum atomic E-state index is 9.39. The van der Waals surface area contributed by atoms with Crippen molar-refractivity contribution in [3.63, 3.8) is 0 Å². The number of halogens is 1. The van der Waals surface area contributed by atoms with Gasteiger partial charge in [-0.1, -0.05) is 48.1 Å². The van der Waals surface area contributed by atoms with Crippen LogP contribution in [0.4, 0.5) is 0 Å². The second-order valence-electron chi connectivity index (χ2n) is 4.22. The van der Waals surface area contributed by atoms with Gasteiger partial charge in [0.1, 0.15) is 17.2 Å². The van der Waals surface area contributed by atoms with E-state index in [0.29, 0.717) is 32.0 Å². The van der Waals surface area contributed by atoms with Gasteiger partial charge in [0.25, 0.3) is 0 Å². The smallest absolute Gasteiger partial charge is 0.155 e. The molecule has 0 aliphatic rings. The first-order valence-corrected chi connectivity index (χ1v) is 6.72. The molecule has 3 aromatic rings. The van der Waals surface area contributed by atoms with E-state index in [1.807, 2.05) is 42.5 Å². The van der Waals surface area contributed by atoms with Crippen LogP contribution in [0.5, 0.6) is 0 Å². The van der Waals surface area contributed by atoms with Gasteiger partial charge in [0.15, 0.2) is 5.76 Å². The van der Waals surface area contributed by atoms with Gasteiger partial charge in [0.05, 0.1) is 9.53 Å². The fourth-order valence-electron chi connectivity index (χ4n) is 2.08. The molecule has 96 valence electrons. The Morgan fingerprint density at radius 2 is 1.75 bits per heavy atom. The van der Waals surface area contributed by atoms with Crippen molar-refractivity contribution in [2.75, 3.05) is 0 Å². The van der Waals surface area contributed by atoms with Crippen molar-refractivity contribution in [2.24, 2.45) is 0 Å². The normalized spacial score (nSPS) is 10.4. The molecular weight excluding hydrogens is 290 g/mol. The fourth-order valence-corrected chi connectivity index (χ4v) is 2.61. The Hall–Kier alpha value is -2.15. The lowest BCUT2D eigenvalue weighted by Crippen LogP contribution is -1.89. The summed E-state index contributed by atoms with van der Waals surface area (Å²) in [5.41, 5.74) is 1.65. The Kier molecular flexibility index (Phi) is 3.27. The molecule has 0 amide bonds. The van der Waals surface area contributed by atoms with Crippen LogP contribution < -0.4 is 0 Å². The van der Waals surface area contributed by atoms with Crippen LogP contribution >= 0.6 is 23.8 Å². The summed E-state index contributed by atoms with van der Waals surface area (Å²) in [6.45, 7) is 0. The highest BCUT2D eigenvalue weighted by Crippen LogP contribution is 2.34. The maximum Gasteiger partial charge on any atom is 0.155 e. The molecule has 0 saturated heterocycles. The number of nitriles is 1. The van der Waals surface area contributed by atoms with Crippen LogP contribution in [0.3, 0.4) is 0 Å². The molecule has 0 saturated carbocycles. The Labute approximate surface area is 125 Å². The summed E-state index contributed by atoms with van der Waals surface area (Å²) in [5.74, 6) is 0.418. The number of benzene rings is 2. The Balaban J connectivity index is 2.46. The number of nitrogens with zero attached hydrogens (tertiary/aromatic N) is 1. The zero-order valence-corrected chi connectivity index (χ0v) is 11.8. The molecule has 0 atom stereocenters. The van der Waals surface area contributed by atoms with Gasteiger partial charge in [0.2, 0.25) is 0 Å². The van der Waals surface area contributed by atoms with Crippen LogP contribution in [0.1, 0.15) is 5.56 Å². The lowest BCUT2D eigenvalue weighted by atomic mass is 10.1. The SMILES string of the molecule is N#Cc1c(-c2ccccc2Cl)oc2ccccc2c1=S. The average Bonchev–Trinajstić information content (AvgIpc) is 2.48. The zero-order chi connectivity index (χ0) is 14.1. The van der Waals surface area contributed by atoms with Gasteiger partial charge >= 0.3 is 0 Å². The second-order valence-corrected chi connectivity index (χ2v) is 5.04. The fraction of sp³-hybridized carbons (Fsp3) is 0. The molecule has 0 N–H and O–H groups in total. The predicted molar refractivity (Wildman–Crippen MR) is 82.2 cm³/mol. The number of para-hydroxylation sites is 1. The third-order valence-corrected chi connectivity index (χ3v) is 3.78. The maximum absolute atomic E-state index is 9.39. The van der Waals surface area contributed by atoms with Crippen molar-refractivity contribution in [2.45, 2.75) is 0 Å². The average molecular weight is 298 g/mol. The molecule has 0 radical (unpaired) electrons. The minimum Gasteiger partial charge on any atom is -0.455 e. The molecule has 1 aromatic heterocycles. The van der Waals surface area contributed by atoms with Crippen LogP contribution in [0, 0.1) is 15.8 Å². The quantitative estimate of drug-likeness (QED) is 0.568. The lowest BCUT2D eigenvalue weighted by molar-refractivity contribution is 0.618. The van der Waals surface area contributed by atoms with E-state index in [1.165, 1.54) is 0 Å². The monoisotopic (exact) mass is 297 g/mol. The van der Waals surface area contributed by atoms with Crippen LogP contribution in [0.25, 0.3) is 22.3 Å². The molecule has 0 spiro atoms. The van der Waals surface area contributed by atoms with E-state index in [2.05, 4.69) is 6.07 Å². The van der Waals surface area contributed by atoms with E-state index in [4.69, 9.17) is 28.2 Å². The largest absolute Gasteiger partial charge is 0.455 e. The summed E-state index contributed by atoms with van der Waals surface area (Å²) in [5, 5.41) is 10.7. The van der Waals surface area contributed by atoms with E-state index < -0.39 is 0 Å². The van der Waals surface area contributed by atoms with Crippen molar-refractivity contribution in [3.05, 3.63) is 63.6 Å². The van der Waals surface area contributed by atoms with E-state index in [1.54, 1.807) is 6.07 Å². The summed E-state index contributed by atoms with van der Waals surface area (Å²) < 4.78 is 6.35. The lowest BCUT2D eigenvalue weighted by Gasteiger charge is -2.08.